The van der Waals surface area contributed by atoms with Crippen LogP contribution >= 0.6 is 11.8 Å². The van der Waals surface area contributed by atoms with E-state index < -0.39 is 11.2 Å². The Kier molecular flexibility index (Phi) is 4.16. The zero-order chi connectivity index (χ0) is 13.8. The van der Waals surface area contributed by atoms with Gasteiger partial charge in [0.2, 0.25) is 5.16 Å². The largest absolute Gasteiger partial charge is 0.480 e. The van der Waals surface area contributed by atoms with Crippen LogP contribution in [-0.4, -0.2) is 36.5 Å². The first kappa shape index (κ1) is 13.5. The summed E-state index contributed by atoms with van der Waals surface area (Å²) < 4.78 is 1.56. The van der Waals surface area contributed by atoms with Gasteiger partial charge in [-0.1, -0.05) is 30.8 Å². The predicted molar refractivity (Wildman–Crippen MR) is 71.5 cm³/mol. The summed E-state index contributed by atoms with van der Waals surface area (Å²) in [4.78, 5) is 11.1. The fourth-order valence-corrected chi connectivity index (χ4v) is 2.46. The predicted octanol–water partition coefficient (Wildman–Crippen LogP) is 1.93. The number of tetrazole rings is 1. The second-order valence-electron chi connectivity index (χ2n) is 4.07. The number of hydrogen-bond acceptors (Lipinski definition) is 5. The molecule has 7 heteroatoms. The van der Waals surface area contributed by atoms with Crippen molar-refractivity contribution in [2.75, 3.05) is 0 Å². The Bertz CT molecular complexity index is 585. The van der Waals surface area contributed by atoms with Gasteiger partial charge in [0.15, 0.2) is 0 Å². The van der Waals surface area contributed by atoms with Gasteiger partial charge in [-0.25, -0.2) is 0 Å². The molecular weight excluding hydrogens is 264 g/mol. The van der Waals surface area contributed by atoms with Crippen LogP contribution in [-0.2, 0) is 4.79 Å². The van der Waals surface area contributed by atoms with E-state index in [1.807, 2.05) is 38.1 Å². The maximum Gasteiger partial charge on any atom is 0.317 e. The minimum Gasteiger partial charge on any atom is -0.480 e. The maximum absolute atomic E-state index is 11.1. The highest BCUT2D eigenvalue weighted by Crippen LogP contribution is 2.25. The SMILES string of the molecule is CC[C@H](Sc1nnnn1-c1cccc(C)c1)C(=O)O. The van der Waals surface area contributed by atoms with Crippen LogP contribution < -0.4 is 0 Å². The fourth-order valence-electron chi connectivity index (χ4n) is 1.61. The summed E-state index contributed by atoms with van der Waals surface area (Å²) in [6.45, 7) is 3.80. The average molecular weight is 278 g/mol. The molecular formula is C12H14N4O2S. The number of hydrogen-bond donors (Lipinski definition) is 1. The van der Waals surface area contributed by atoms with E-state index in [2.05, 4.69) is 15.5 Å². The highest BCUT2D eigenvalue weighted by Gasteiger charge is 2.20. The molecule has 1 atom stereocenters. The van der Waals surface area contributed by atoms with Crippen molar-refractivity contribution in [3.05, 3.63) is 29.8 Å². The Labute approximate surface area is 114 Å². The molecule has 0 saturated carbocycles. The van der Waals surface area contributed by atoms with Crippen LogP contribution in [0.4, 0.5) is 0 Å². The monoisotopic (exact) mass is 278 g/mol. The lowest BCUT2D eigenvalue weighted by atomic mass is 10.2. The maximum atomic E-state index is 11.1. The van der Waals surface area contributed by atoms with Crippen molar-refractivity contribution in [1.82, 2.24) is 20.2 Å². The van der Waals surface area contributed by atoms with Crippen molar-refractivity contribution in [2.24, 2.45) is 0 Å². The zero-order valence-corrected chi connectivity index (χ0v) is 11.5. The molecule has 0 aliphatic heterocycles. The molecule has 19 heavy (non-hydrogen) atoms. The van der Waals surface area contributed by atoms with Crippen LogP contribution in [0.2, 0.25) is 0 Å². The Morgan fingerprint density at radius 1 is 1.53 bits per heavy atom. The van der Waals surface area contributed by atoms with Crippen LogP contribution in [0.1, 0.15) is 18.9 Å². The first-order valence-corrected chi connectivity index (χ1v) is 6.74. The van der Waals surface area contributed by atoms with E-state index in [4.69, 9.17) is 5.11 Å². The molecule has 6 nitrogen and oxygen atoms in total. The number of rotatable bonds is 5. The Morgan fingerprint density at radius 3 is 2.95 bits per heavy atom. The Morgan fingerprint density at radius 2 is 2.32 bits per heavy atom. The lowest BCUT2D eigenvalue weighted by molar-refractivity contribution is -0.136. The third kappa shape index (κ3) is 3.11. The molecule has 0 bridgehead atoms. The summed E-state index contributed by atoms with van der Waals surface area (Å²) in [5.41, 5.74) is 1.92. The third-order valence-electron chi connectivity index (χ3n) is 2.58. The van der Waals surface area contributed by atoms with Crippen molar-refractivity contribution in [1.29, 1.82) is 0 Å². The Balaban J connectivity index is 2.30. The first-order valence-electron chi connectivity index (χ1n) is 5.86. The van der Waals surface area contributed by atoms with Crippen molar-refractivity contribution in [3.63, 3.8) is 0 Å². The second-order valence-corrected chi connectivity index (χ2v) is 5.24. The number of carboxylic acids is 1. The Hall–Kier alpha value is -1.89. The molecule has 1 aromatic heterocycles. The zero-order valence-electron chi connectivity index (χ0n) is 10.6. The molecule has 100 valence electrons. The minimum atomic E-state index is -0.855. The third-order valence-corrected chi connectivity index (χ3v) is 3.87. The van der Waals surface area contributed by atoms with E-state index in [1.165, 1.54) is 0 Å². The van der Waals surface area contributed by atoms with Gasteiger partial charge < -0.3 is 5.11 Å². The first-order chi connectivity index (χ1) is 9.11. The van der Waals surface area contributed by atoms with Crippen LogP contribution in [0, 0.1) is 6.92 Å². The van der Waals surface area contributed by atoms with E-state index in [0.717, 1.165) is 23.0 Å². The van der Waals surface area contributed by atoms with Gasteiger partial charge in [-0.2, -0.15) is 4.68 Å². The van der Waals surface area contributed by atoms with Gasteiger partial charge in [-0.05, 0) is 41.5 Å². The van der Waals surface area contributed by atoms with Gasteiger partial charge in [0.25, 0.3) is 0 Å². The van der Waals surface area contributed by atoms with Crippen LogP contribution in [0.5, 0.6) is 0 Å². The molecule has 0 aliphatic carbocycles. The molecule has 1 N–H and O–H groups in total. The molecule has 2 aromatic rings. The molecule has 0 spiro atoms. The summed E-state index contributed by atoms with van der Waals surface area (Å²) in [5.74, 6) is -0.855. The number of carbonyl (C=O) groups is 1. The summed E-state index contributed by atoms with van der Waals surface area (Å²) in [6.07, 6.45) is 0.515. The molecule has 0 radical (unpaired) electrons. The van der Waals surface area contributed by atoms with Crippen molar-refractivity contribution < 1.29 is 9.90 Å². The minimum absolute atomic E-state index is 0.486. The average Bonchev–Trinajstić information content (AvgIpc) is 2.83. The molecule has 1 heterocycles. The van der Waals surface area contributed by atoms with Crippen molar-refractivity contribution in [2.45, 2.75) is 30.7 Å². The van der Waals surface area contributed by atoms with E-state index >= 15 is 0 Å². The normalized spacial score (nSPS) is 12.3. The van der Waals surface area contributed by atoms with Crippen molar-refractivity contribution in [3.8, 4) is 5.69 Å². The van der Waals surface area contributed by atoms with Gasteiger partial charge >= 0.3 is 5.97 Å². The van der Waals surface area contributed by atoms with Crippen LogP contribution in [0.15, 0.2) is 29.4 Å². The van der Waals surface area contributed by atoms with Crippen LogP contribution in [0.25, 0.3) is 5.69 Å². The van der Waals surface area contributed by atoms with E-state index in [0.29, 0.717) is 11.6 Å². The smallest absolute Gasteiger partial charge is 0.317 e. The number of thioether (sulfide) groups is 1. The lowest BCUT2D eigenvalue weighted by Crippen LogP contribution is -2.16. The number of aromatic nitrogens is 4. The number of aryl methyl sites for hydroxylation is 1. The van der Waals surface area contributed by atoms with E-state index in [-0.39, 0.29) is 0 Å². The topological polar surface area (TPSA) is 80.9 Å². The van der Waals surface area contributed by atoms with Crippen molar-refractivity contribution >= 4 is 17.7 Å². The van der Waals surface area contributed by atoms with Crippen LogP contribution in [0.3, 0.4) is 0 Å². The van der Waals surface area contributed by atoms with E-state index in [9.17, 15) is 4.79 Å². The summed E-state index contributed by atoms with van der Waals surface area (Å²) >= 11 is 1.16. The number of aliphatic carboxylic acids is 1. The molecule has 2 rings (SSSR count). The van der Waals surface area contributed by atoms with E-state index in [1.54, 1.807) is 4.68 Å². The van der Waals surface area contributed by atoms with Gasteiger partial charge in [0.05, 0.1) is 5.69 Å². The second kappa shape index (κ2) is 5.83. The summed E-state index contributed by atoms with van der Waals surface area (Å²) in [5, 5.41) is 20.5. The number of carboxylic acid groups (broad SMARTS) is 1. The van der Waals surface area contributed by atoms with Gasteiger partial charge in [0.1, 0.15) is 5.25 Å². The standard InChI is InChI=1S/C12H14N4O2S/c1-3-10(11(17)18)19-12-13-14-15-16(12)9-6-4-5-8(2)7-9/h4-7,10H,3H2,1-2H3,(H,17,18)/t10-/m0/s1. The summed E-state index contributed by atoms with van der Waals surface area (Å²) in [6, 6.07) is 7.72. The molecule has 0 amide bonds. The molecule has 0 aliphatic rings. The number of benzene rings is 1. The molecule has 0 saturated heterocycles. The highest BCUT2D eigenvalue weighted by molar-refractivity contribution is 8.00. The highest BCUT2D eigenvalue weighted by atomic mass is 32.2. The lowest BCUT2D eigenvalue weighted by Gasteiger charge is -2.09. The molecule has 0 unspecified atom stereocenters. The quantitative estimate of drug-likeness (QED) is 0.842. The number of nitrogens with zero attached hydrogens (tertiary/aromatic N) is 4. The van der Waals surface area contributed by atoms with Gasteiger partial charge in [0, 0.05) is 0 Å². The molecule has 1 aromatic carbocycles. The summed E-state index contributed by atoms with van der Waals surface area (Å²) in [7, 11) is 0. The van der Waals surface area contributed by atoms with Gasteiger partial charge in [-0.15, -0.1) is 5.10 Å². The fraction of sp³-hybridized carbons (Fsp3) is 0.333. The van der Waals surface area contributed by atoms with Gasteiger partial charge in [-0.3, -0.25) is 4.79 Å². The molecule has 0 fully saturated rings.